The van der Waals surface area contributed by atoms with Gasteiger partial charge < -0.3 is 19.4 Å². The molecule has 1 N–H and O–H groups in total. The molecule has 182 valence electrons. The standard InChI is InChI=1S/C15H19N3.C14H17N3/c1-12-8-18(11-16-12)10-13-7-14-5-3-4-6-15(14)17(2)9-13;1-11-8-17(10-16-11)9-12-6-13-4-2-3-5-14(13)15-7-12/h3-6,8,11,13H,7,9-10H2,1-2H3;2-5,8,10,12,15H,6-7,9H2,1H3. The minimum atomic E-state index is 0.651. The number of aromatic nitrogens is 4. The molecular formula is C29H36N6. The second-order valence-corrected chi connectivity index (χ2v) is 10.1. The predicted octanol–water partition coefficient (Wildman–Crippen LogP) is 4.98. The fraction of sp³-hybridized carbons (Fsp3) is 0.379. The number of imidazole rings is 2. The molecule has 2 aliphatic heterocycles. The quantitative estimate of drug-likeness (QED) is 0.459. The molecule has 0 fully saturated rings. The Morgan fingerprint density at radius 1 is 0.800 bits per heavy atom. The van der Waals surface area contributed by atoms with Crippen molar-refractivity contribution in [1.29, 1.82) is 0 Å². The third-order valence-corrected chi connectivity index (χ3v) is 7.01. The summed E-state index contributed by atoms with van der Waals surface area (Å²) in [6, 6.07) is 17.3. The van der Waals surface area contributed by atoms with Crippen LogP contribution < -0.4 is 10.2 Å². The second-order valence-electron chi connectivity index (χ2n) is 10.1. The molecule has 4 aromatic rings. The lowest BCUT2D eigenvalue weighted by atomic mass is 9.93. The van der Waals surface area contributed by atoms with E-state index < -0.39 is 0 Å². The molecule has 4 heterocycles. The lowest BCUT2D eigenvalue weighted by Gasteiger charge is -2.33. The number of rotatable bonds is 4. The summed E-state index contributed by atoms with van der Waals surface area (Å²) in [4.78, 5) is 10.9. The SMILES string of the molecule is Cc1cn(CC2CNc3ccccc3C2)cn1.Cc1cn(CC2Cc3ccccc3N(C)C2)cn1. The largest absolute Gasteiger partial charge is 0.384 e. The summed E-state index contributed by atoms with van der Waals surface area (Å²) in [5, 5.41) is 3.51. The number of hydrogen-bond donors (Lipinski definition) is 1. The van der Waals surface area contributed by atoms with Gasteiger partial charge in [-0.25, -0.2) is 9.97 Å². The van der Waals surface area contributed by atoms with Crippen LogP contribution in [0.2, 0.25) is 0 Å². The van der Waals surface area contributed by atoms with E-state index in [-0.39, 0.29) is 0 Å². The van der Waals surface area contributed by atoms with Crippen molar-refractivity contribution >= 4 is 11.4 Å². The first-order valence-corrected chi connectivity index (χ1v) is 12.6. The van der Waals surface area contributed by atoms with Crippen LogP contribution in [-0.4, -0.2) is 39.2 Å². The monoisotopic (exact) mass is 468 g/mol. The van der Waals surface area contributed by atoms with Crippen LogP contribution >= 0.6 is 0 Å². The molecule has 6 heteroatoms. The number of nitrogens with zero attached hydrogens (tertiary/aromatic N) is 5. The highest BCUT2D eigenvalue weighted by Gasteiger charge is 2.22. The Balaban J connectivity index is 0.000000145. The van der Waals surface area contributed by atoms with E-state index in [0.717, 1.165) is 50.4 Å². The highest BCUT2D eigenvalue weighted by Crippen LogP contribution is 2.29. The zero-order valence-electron chi connectivity index (χ0n) is 21.1. The Kier molecular flexibility index (Phi) is 6.89. The number of benzene rings is 2. The number of nitrogens with one attached hydrogen (secondary N) is 1. The maximum absolute atomic E-state index is 4.29. The molecule has 2 aromatic heterocycles. The van der Waals surface area contributed by atoms with Gasteiger partial charge in [0.2, 0.25) is 0 Å². The summed E-state index contributed by atoms with van der Waals surface area (Å²) in [5.41, 5.74) is 7.77. The lowest BCUT2D eigenvalue weighted by Crippen LogP contribution is -2.34. The van der Waals surface area contributed by atoms with Gasteiger partial charge in [0.15, 0.2) is 0 Å². The number of fused-ring (bicyclic) bond motifs is 2. The Bertz CT molecular complexity index is 1260. The van der Waals surface area contributed by atoms with Gasteiger partial charge in [-0.1, -0.05) is 36.4 Å². The van der Waals surface area contributed by atoms with Crippen LogP contribution in [0.25, 0.3) is 0 Å². The Hall–Kier alpha value is -3.54. The fourth-order valence-electron chi connectivity index (χ4n) is 5.42. The molecule has 0 amide bonds. The smallest absolute Gasteiger partial charge is 0.0949 e. The van der Waals surface area contributed by atoms with Crippen molar-refractivity contribution in [1.82, 2.24) is 19.1 Å². The average Bonchev–Trinajstić information content (AvgIpc) is 3.46. The third-order valence-electron chi connectivity index (χ3n) is 7.01. The minimum absolute atomic E-state index is 0.651. The minimum Gasteiger partial charge on any atom is -0.384 e. The lowest BCUT2D eigenvalue weighted by molar-refractivity contribution is 0.430. The number of aryl methyl sites for hydroxylation is 2. The van der Waals surface area contributed by atoms with Crippen molar-refractivity contribution < 1.29 is 0 Å². The number of para-hydroxylation sites is 2. The zero-order valence-corrected chi connectivity index (χ0v) is 21.1. The van der Waals surface area contributed by atoms with Crippen LogP contribution in [0.5, 0.6) is 0 Å². The van der Waals surface area contributed by atoms with Crippen LogP contribution in [0.3, 0.4) is 0 Å². The first-order chi connectivity index (χ1) is 17.0. The van der Waals surface area contributed by atoms with Crippen molar-refractivity contribution in [2.45, 2.75) is 39.8 Å². The first-order valence-electron chi connectivity index (χ1n) is 12.6. The van der Waals surface area contributed by atoms with Gasteiger partial charge in [-0.2, -0.15) is 0 Å². The van der Waals surface area contributed by atoms with Crippen molar-refractivity contribution in [3.05, 3.63) is 96.1 Å². The number of anilines is 2. The third kappa shape index (κ3) is 5.76. The topological polar surface area (TPSA) is 50.9 Å². The van der Waals surface area contributed by atoms with Gasteiger partial charge in [0.1, 0.15) is 0 Å². The molecule has 35 heavy (non-hydrogen) atoms. The van der Waals surface area contributed by atoms with E-state index in [1.165, 1.54) is 22.5 Å². The first kappa shape index (κ1) is 23.2. The van der Waals surface area contributed by atoms with Crippen molar-refractivity contribution in [3.8, 4) is 0 Å². The van der Waals surface area contributed by atoms with Crippen LogP contribution in [0.4, 0.5) is 11.4 Å². The van der Waals surface area contributed by atoms with Crippen LogP contribution in [0.15, 0.2) is 73.6 Å². The average molecular weight is 469 g/mol. The molecule has 2 aromatic carbocycles. The number of hydrogen-bond acceptors (Lipinski definition) is 4. The van der Waals surface area contributed by atoms with Gasteiger partial charge in [-0.3, -0.25) is 0 Å². The Labute approximate surface area is 208 Å². The summed E-state index contributed by atoms with van der Waals surface area (Å²) in [7, 11) is 2.18. The zero-order chi connectivity index (χ0) is 24.2. The van der Waals surface area contributed by atoms with E-state index >= 15 is 0 Å². The van der Waals surface area contributed by atoms with E-state index in [1.807, 2.05) is 26.5 Å². The van der Waals surface area contributed by atoms with Crippen LogP contribution in [0.1, 0.15) is 22.5 Å². The van der Waals surface area contributed by atoms with Crippen molar-refractivity contribution in [2.24, 2.45) is 11.8 Å². The predicted molar refractivity (Wildman–Crippen MR) is 143 cm³/mol. The molecular weight excluding hydrogens is 432 g/mol. The van der Waals surface area contributed by atoms with Crippen molar-refractivity contribution in [2.75, 3.05) is 30.4 Å². The highest BCUT2D eigenvalue weighted by atomic mass is 15.1. The van der Waals surface area contributed by atoms with E-state index in [1.54, 1.807) is 0 Å². The molecule has 2 unspecified atom stereocenters. The molecule has 0 saturated heterocycles. The maximum Gasteiger partial charge on any atom is 0.0949 e. The van der Waals surface area contributed by atoms with Gasteiger partial charge in [-0.15, -0.1) is 0 Å². The molecule has 2 aliphatic rings. The molecule has 6 rings (SSSR count). The molecule has 0 radical (unpaired) electrons. The fourth-order valence-corrected chi connectivity index (χ4v) is 5.42. The molecule has 0 saturated carbocycles. The maximum atomic E-state index is 4.29. The summed E-state index contributed by atoms with van der Waals surface area (Å²) >= 11 is 0. The van der Waals surface area contributed by atoms with Gasteiger partial charge in [0, 0.05) is 57.0 Å². The normalized spacial score (nSPS) is 18.7. The van der Waals surface area contributed by atoms with E-state index in [9.17, 15) is 0 Å². The van der Waals surface area contributed by atoms with E-state index in [0.29, 0.717) is 11.8 Å². The molecule has 0 bridgehead atoms. The molecule has 0 aliphatic carbocycles. The van der Waals surface area contributed by atoms with E-state index in [2.05, 4.69) is 97.3 Å². The van der Waals surface area contributed by atoms with Crippen LogP contribution in [-0.2, 0) is 25.9 Å². The molecule has 6 nitrogen and oxygen atoms in total. The second kappa shape index (κ2) is 10.4. The van der Waals surface area contributed by atoms with Gasteiger partial charge in [0.25, 0.3) is 0 Å². The van der Waals surface area contributed by atoms with Gasteiger partial charge in [-0.05, 0) is 61.8 Å². The summed E-state index contributed by atoms with van der Waals surface area (Å²) in [5.74, 6) is 1.32. The van der Waals surface area contributed by atoms with Gasteiger partial charge >= 0.3 is 0 Å². The summed E-state index contributed by atoms with van der Waals surface area (Å²) in [6.07, 6.45) is 10.4. The van der Waals surface area contributed by atoms with Crippen molar-refractivity contribution in [3.63, 3.8) is 0 Å². The van der Waals surface area contributed by atoms with Crippen LogP contribution in [0, 0.1) is 25.7 Å². The summed E-state index contributed by atoms with van der Waals surface area (Å²) in [6.45, 7) is 8.34. The Morgan fingerprint density at radius 2 is 1.40 bits per heavy atom. The molecule has 0 spiro atoms. The van der Waals surface area contributed by atoms with E-state index in [4.69, 9.17) is 0 Å². The van der Waals surface area contributed by atoms with Gasteiger partial charge in [0.05, 0.1) is 24.0 Å². The molecule has 2 atom stereocenters. The highest BCUT2D eigenvalue weighted by molar-refractivity contribution is 5.55. The Morgan fingerprint density at radius 3 is 2.09 bits per heavy atom. The summed E-state index contributed by atoms with van der Waals surface area (Å²) < 4.78 is 4.40.